The minimum absolute atomic E-state index is 0. The topological polar surface area (TPSA) is 0 Å². The number of hydrogen-bond acceptors (Lipinski definition) is 0. The monoisotopic (exact) mass is 522 g/mol. The van der Waals surface area contributed by atoms with Crippen molar-refractivity contribution in [2.24, 2.45) is 0 Å². The van der Waals surface area contributed by atoms with Gasteiger partial charge in [-0.1, -0.05) is 65.3 Å². The molecule has 0 radical (unpaired) electrons. The summed E-state index contributed by atoms with van der Waals surface area (Å²) in [4.78, 5) is 0. The maximum Gasteiger partial charge on any atom is 0 e. The Labute approximate surface area is 184 Å². The van der Waals surface area contributed by atoms with Gasteiger partial charge in [-0.25, -0.2) is 12.2 Å². The van der Waals surface area contributed by atoms with Gasteiger partial charge >= 0.3 is 0 Å². The zero-order chi connectivity index (χ0) is 18.9. The number of allylic oxidation sites excluding steroid dienone is 4. The van der Waals surface area contributed by atoms with E-state index in [9.17, 15) is 0 Å². The van der Waals surface area contributed by atoms with E-state index in [1.54, 1.807) is 0 Å². The van der Waals surface area contributed by atoms with Crippen molar-refractivity contribution in [3.8, 4) is 11.1 Å². The smallest absolute Gasteiger partial charge is 0 e. The van der Waals surface area contributed by atoms with Gasteiger partial charge < -0.3 is 0 Å². The van der Waals surface area contributed by atoms with E-state index in [0.29, 0.717) is 0 Å². The Morgan fingerprint density at radius 3 is 2.07 bits per heavy atom. The van der Waals surface area contributed by atoms with Crippen molar-refractivity contribution >= 4 is 0 Å². The molecular formula is C26H30Hf-2. The van der Waals surface area contributed by atoms with E-state index >= 15 is 0 Å². The number of fused-ring (bicyclic) bond motifs is 3. The van der Waals surface area contributed by atoms with Gasteiger partial charge in [-0.05, 0) is 28.4 Å². The van der Waals surface area contributed by atoms with Gasteiger partial charge in [0.25, 0.3) is 0 Å². The van der Waals surface area contributed by atoms with Crippen LogP contribution in [0, 0.1) is 12.1 Å². The molecule has 4 rings (SSSR count). The van der Waals surface area contributed by atoms with Gasteiger partial charge in [0.15, 0.2) is 0 Å². The van der Waals surface area contributed by atoms with Crippen molar-refractivity contribution in [3.05, 3.63) is 83.0 Å². The Balaban J connectivity index is 0.000000379. The number of benzene rings is 2. The fourth-order valence-corrected chi connectivity index (χ4v) is 3.37. The first-order chi connectivity index (χ1) is 12.2. The zero-order valence-electron chi connectivity index (χ0n) is 17.5. The van der Waals surface area contributed by atoms with Crippen LogP contribution < -0.4 is 0 Å². The molecule has 0 bridgehead atoms. The fourth-order valence-electron chi connectivity index (χ4n) is 3.37. The second kappa shape index (κ2) is 8.43. The summed E-state index contributed by atoms with van der Waals surface area (Å²) in [6.45, 7) is 13.6. The van der Waals surface area contributed by atoms with Gasteiger partial charge in [0.2, 0.25) is 0 Å². The van der Waals surface area contributed by atoms with Crippen LogP contribution >= 0.6 is 0 Å². The van der Waals surface area contributed by atoms with Crippen molar-refractivity contribution in [2.45, 2.75) is 65.2 Å². The summed E-state index contributed by atoms with van der Waals surface area (Å²) in [6.07, 6.45) is 11.0. The third kappa shape index (κ3) is 5.19. The maximum atomic E-state index is 3.67. The standard InChI is InChI=1S/C21H25.C5H5.Hf/c1-20(2,3)16-7-9-18-14(12-16)11-15-13-17(21(4,5)6)8-10-19(15)18;1-2-4-5-3-1;/h7-10,12H,11H2,1-6H3;1-3H,4H2;/q2*-1;. The quantitative estimate of drug-likeness (QED) is 0.222. The Morgan fingerprint density at radius 1 is 0.852 bits per heavy atom. The van der Waals surface area contributed by atoms with Crippen LogP contribution in [0.2, 0.25) is 0 Å². The Hall–Kier alpha value is -1.21. The molecule has 2 aliphatic carbocycles. The van der Waals surface area contributed by atoms with Crippen molar-refractivity contribution in [1.29, 1.82) is 0 Å². The normalized spacial score (nSPS) is 14.1. The predicted molar refractivity (Wildman–Crippen MR) is 112 cm³/mol. The summed E-state index contributed by atoms with van der Waals surface area (Å²) in [5.74, 6) is 0. The minimum atomic E-state index is 0. The first-order valence-electron chi connectivity index (χ1n) is 9.57. The average Bonchev–Trinajstić information content (AvgIpc) is 3.23. The molecule has 0 saturated carbocycles. The summed E-state index contributed by atoms with van der Waals surface area (Å²) < 4.78 is 0. The van der Waals surface area contributed by atoms with Crippen LogP contribution in [0.5, 0.6) is 0 Å². The van der Waals surface area contributed by atoms with Gasteiger partial charge in [-0.3, -0.25) is 6.08 Å². The first-order valence-corrected chi connectivity index (χ1v) is 9.57. The zero-order valence-corrected chi connectivity index (χ0v) is 21.1. The third-order valence-corrected chi connectivity index (χ3v) is 5.05. The van der Waals surface area contributed by atoms with E-state index in [4.69, 9.17) is 0 Å². The average molecular weight is 521 g/mol. The van der Waals surface area contributed by atoms with Crippen LogP contribution in [0.15, 0.2) is 48.6 Å². The van der Waals surface area contributed by atoms with Crippen molar-refractivity contribution in [3.63, 3.8) is 0 Å². The van der Waals surface area contributed by atoms with Crippen LogP contribution in [0.25, 0.3) is 11.1 Å². The van der Waals surface area contributed by atoms with Crippen LogP contribution in [0.1, 0.15) is 70.2 Å². The van der Waals surface area contributed by atoms with Gasteiger partial charge in [0.1, 0.15) is 0 Å². The third-order valence-electron chi connectivity index (χ3n) is 5.05. The predicted octanol–water partition coefficient (Wildman–Crippen LogP) is 6.96. The summed E-state index contributed by atoms with van der Waals surface area (Å²) >= 11 is 0. The van der Waals surface area contributed by atoms with E-state index in [0.717, 1.165) is 12.8 Å². The summed E-state index contributed by atoms with van der Waals surface area (Å²) in [6, 6.07) is 15.2. The van der Waals surface area contributed by atoms with E-state index in [-0.39, 0.29) is 36.7 Å². The molecule has 2 aromatic rings. The Morgan fingerprint density at radius 2 is 1.56 bits per heavy atom. The minimum Gasteiger partial charge on any atom is -0.273 e. The molecule has 0 fully saturated rings. The summed E-state index contributed by atoms with van der Waals surface area (Å²) in [5, 5.41) is 0. The molecule has 0 aliphatic heterocycles. The van der Waals surface area contributed by atoms with E-state index in [2.05, 4.69) is 90.1 Å². The van der Waals surface area contributed by atoms with Crippen LogP contribution in [-0.2, 0) is 43.1 Å². The van der Waals surface area contributed by atoms with Crippen molar-refractivity contribution < 1.29 is 25.8 Å². The molecule has 0 aromatic heterocycles. The molecule has 0 atom stereocenters. The molecule has 0 spiro atoms. The second-order valence-corrected chi connectivity index (χ2v) is 9.32. The van der Waals surface area contributed by atoms with Gasteiger partial charge in [0, 0.05) is 25.8 Å². The first kappa shape index (κ1) is 22.1. The van der Waals surface area contributed by atoms with Crippen LogP contribution in [0.3, 0.4) is 0 Å². The molecule has 0 unspecified atom stereocenters. The van der Waals surface area contributed by atoms with Crippen molar-refractivity contribution in [1.82, 2.24) is 0 Å². The molecule has 140 valence electrons. The molecule has 0 heterocycles. The molecule has 0 N–H and O–H groups in total. The number of rotatable bonds is 0. The van der Waals surface area contributed by atoms with E-state index in [1.165, 1.54) is 33.4 Å². The second-order valence-electron chi connectivity index (χ2n) is 9.32. The number of hydrogen-bond donors (Lipinski definition) is 0. The molecular weight excluding hydrogens is 491 g/mol. The maximum absolute atomic E-state index is 3.67. The summed E-state index contributed by atoms with van der Waals surface area (Å²) in [5.41, 5.74) is 8.70. The molecule has 1 heteroatoms. The summed E-state index contributed by atoms with van der Waals surface area (Å²) in [7, 11) is 0. The molecule has 2 aliphatic rings. The Bertz CT molecular complexity index is 783. The van der Waals surface area contributed by atoms with Crippen LogP contribution in [0.4, 0.5) is 0 Å². The van der Waals surface area contributed by atoms with Crippen molar-refractivity contribution in [2.75, 3.05) is 0 Å². The molecule has 2 aromatic carbocycles. The SMILES string of the molecule is CC(C)(C)c1[c-]c2c(cc1)-c1ccc(C(C)(C)C)cc1C2.[C-]1=CC=CC1.[Hf]. The molecule has 0 saturated heterocycles. The van der Waals surface area contributed by atoms with E-state index in [1.807, 2.05) is 12.2 Å². The molecule has 0 amide bonds. The van der Waals surface area contributed by atoms with Gasteiger partial charge in [-0.15, -0.1) is 17.5 Å². The molecule has 0 nitrogen and oxygen atoms in total. The Kier molecular flexibility index (Phi) is 6.90. The largest absolute Gasteiger partial charge is 0.273 e. The van der Waals surface area contributed by atoms with Gasteiger partial charge in [-0.2, -0.15) is 29.8 Å². The fraction of sp³-hybridized carbons (Fsp3) is 0.385. The molecule has 27 heavy (non-hydrogen) atoms. The van der Waals surface area contributed by atoms with Gasteiger partial charge in [0.05, 0.1) is 0 Å². The van der Waals surface area contributed by atoms with E-state index < -0.39 is 0 Å². The van der Waals surface area contributed by atoms with Crippen LogP contribution in [-0.4, -0.2) is 0 Å².